The summed E-state index contributed by atoms with van der Waals surface area (Å²) in [6.07, 6.45) is 1.22. The molecule has 0 aliphatic rings. The number of halogens is 1. The highest BCUT2D eigenvalue weighted by atomic mass is 35.5. The number of aryl methyl sites for hydroxylation is 1. The highest BCUT2D eigenvalue weighted by molar-refractivity contribution is 6.30. The molecule has 0 radical (unpaired) electrons. The highest BCUT2D eigenvalue weighted by Crippen LogP contribution is 2.25. The van der Waals surface area contributed by atoms with Crippen LogP contribution in [0.4, 0.5) is 0 Å². The zero-order chi connectivity index (χ0) is 13.8. The summed E-state index contributed by atoms with van der Waals surface area (Å²) >= 11 is 5.87. The van der Waals surface area contributed by atoms with Crippen LogP contribution in [0.1, 0.15) is 12.2 Å². The number of aromatic nitrogens is 2. The van der Waals surface area contributed by atoms with E-state index in [0.29, 0.717) is 35.8 Å². The first-order chi connectivity index (χ1) is 9.11. The monoisotopic (exact) mass is 279 g/mol. The molecule has 19 heavy (non-hydrogen) atoms. The van der Waals surface area contributed by atoms with Gasteiger partial charge in [-0.1, -0.05) is 23.7 Å². The number of aromatic hydroxyl groups is 1. The van der Waals surface area contributed by atoms with E-state index in [-0.39, 0.29) is 17.0 Å². The summed E-state index contributed by atoms with van der Waals surface area (Å²) in [5.74, 6) is 0.136. The fourth-order valence-corrected chi connectivity index (χ4v) is 1.99. The quantitative estimate of drug-likeness (QED) is 0.794. The fraction of sp³-hybridized carbons (Fsp3) is 0.231. The average molecular weight is 280 g/mol. The van der Waals surface area contributed by atoms with Gasteiger partial charge in [0.15, 0.2) is 0 Å². The lowest BCUT2D eigenvalue weighted by Gasteiger charge is -2.06. The SMILES string of the molecule is NCCCc1nc(O)c(-c2cccc(Cl)c2)c(=O)[nH]1. The predicted molar refractivity (Wildman–Crippen MR) is 74.3 cm³/mol. The second-order valence-electron chi connectivity index (χ2n) is 4.11. The van der Waals surface area contributed by atoms with Crippen LogP contribution < -0.4 is 11.3 Å². The first kappa shape index (κ1) is 13.6. The van der Waals surface area contributed by atoms with Gasteiger partial charge in [0.1, 0.15) is 11.4 Å². The molecule has 100 valence electrons. The summed E-state index contributed by atoms with van der Waals surface area (Å²) < 4.78 is 0. The first-order valence-electron chi connectivity index (χ1n) is 5.90. The predicted octanol–water partition coefficient (Wildman–Crippen LogP) is 1.69. The Morgan fingerprint density at radius 1 is 1.42 bits per heavy atom. The fourth-order valence-electron chi connectivity index (χ4n) is 1.80. The molecule has 0 unspecified atom stereocenters. The summed E-state index contributed by atoms with van der Waals surface area (Å²) in [5, 5.41) is 10.4. The van der Waals surface area contributed by atoms with Gasteiger partial charge in [-0.05, 0) is 30.7 Å². The van der Waals surface area contributed by atoms with Crippen molar-refractivity contribution in [1.29, 1.82) is 0 Å². The Hall–Kier alpha value is -1.85. The van der Waals surface area contributed by atoms with Crippen LogP contribution in [0, 0.1) is 0 Å². The summed E-state index contributed by atoms with van der Waals surface area (Å²) in [7, 11) is 0. The van der Waals surface area contributed by atoms with E-state index in [1.165, 1.54) is 0 Å². The molecule has 4 N–H and O–H groups in total. The molecule has 0 spiro atoms. The van der Waals surface area contributed by atoms with Crippen LogP contribution in [0.15, 0.2) is 29.1 Å². The van der Waals surface area contributed by atoms with Crippen molar-refractivity contribution >= 4 is 11.6 Å². The van der Waals surface area contributed by atoms with Crippen LogP contribution in [-0.2, 0) is 6.42 Å². The van der Waals surface area contributed by atoms with E-state index in [2.05, 4.69) is 9.97 Å². The van der Waals surface area contributed by atoms with E-state index in [1.54, 1.807) is 24.3 Å². The molecule has 0 saturated carbocycles. The number of nitrogens with two attached hydrogens (primary N) is 1. The number of H-pyrrole nitrogens is 1. The van der Waals surface area contributed by atoms with Gasteiger partial charge in [0.2, 0.25) is 5.88 Å². The molecule has 2 rings (SSSR count). The number of aromatic amines is 1. The van der Waals surface area contributed by atoms with E-state index >= 15 is 0 Å². The molecule has 0 aliphatic carbocycles. The molecule has 6 heteroatoms. The minimum atomic E-state index is -0.387. The van der Waals surface area contributed by atoms with E-state index in [9.17, 15) is 9.90 Å². The zero-order valence-electron chi connectivity index (χ0n) is 10.2. The van der Waals surface area contributed by atoms with E-state index in [0.717, 1.165) is 0 Å². The van der Waals surface area contributed by atoms with Gasteiger partial charge in [-0.2, -0.15) is 4.98 Å². The molecule has 1 heterocycles. The Balaban J connectivity index is 2.45. The van der Waals surface area contributed by atoms with Crippen molar-refractivity contribution in [3.05, 3.63) is 45.5 Å². The molecule has 1 aromatic heterocycles. The van der Waals surface area contributed by atoms with Crippen molar-refractivity contribution in [3.63, 3.8) is 0 Å². The molecule has 1 aromatic carbocycles. The van der Waals surface area contributed by atoms with Crippen molar-refractivity contribution in [2.75, 3.05) is 6.54 Å². The molecular weight excluding hydrogens is 266 g/mol. The van der Waals surface area contributed by atoms with Gasteiger partial charge in [-0.3, -0.25) is 4.79 Å². The normalized spacial score (nSPS) is 10.6. The number of rotatable bonds is 4. The maximum absolute atomic E-state index is 12.0. The Kier molecular flexibility index (Phi) is 4.19. The third-order valence-corrected chi connectivity index (χ3v) is 2.92. The first-order valence-corrected chi connectivity index (χ1v) is 6.28. The van der Waals surface area contributed by atoms with Crippen LogP contribution in [0.25, 0.3) is 11.1 Å². The Labute approximate surface area is 115 Å². The van der Waals surface area contributed by atoms with Crippen molar-refractivity contribution in [1.82, 2.24) is 9.97 Å². The number of benzene rings is 1. The van der Waals surface area contributed by atoms with Crippen LogP contribution >= 0.6 is 11.6 Å². The average Bonchev–Trinajstić information content (AvgIpc) is 2.35. The van der Waals surface area contributed by atoms with Gasteiger partial charge in [0.05, 0.1) is 0 Å². The minimum Gasteiger partial charge on any atom is -0.493 e. The smallest absolute Gasteiger partial charge is 0.262 e. The molecule has 0 amide bonds. The maximum Gasteiger partial charge on any atom is 0.262 e. The maximum atomic E-state index is 12.0. The van der Waals surface area contributed by atoms with Gasteiger partial charge >= 0.3 is 0 Å². The number of nitrogens with one attached hydrogen (secondary N) is 1. The molecule has 0 atom stereocenters. The molecule has 0 bridgehead atoms. The Bertz CT molecular complexity index is 640. The van der Waals surface area contributed by atoms with Gasteiger partial charge in [-0.15, -0.1) is 0 Å². The molecule has 0 aliphatic heterocycles. The number of hydrogen-bond acceptors (Lipinski definition) is 4. The van der Waals surface area contributed by atoms with Crippen molar-refractivity contribution in [2.45, 2.75) is 12.8 Å². The summed E-state index contributed by atoms with van der Waals surface area (Å²) in [5.41, 5.74) is 5.66. The highest BCUT2D eigenvalue weighted by Gasteiger charge is 2.13. The van der Waals surface area contributed by atoms with Crippen LogP contribution in [0.5, 0.6) is 5.88 Å². The van der Waals surface area contributed by atoms with E-state index in [4.69, 9.17) is 17.3 Å². The molecule has 2 aromatic rings. The number of nitrogens with zero attached hydrogens (tertiary/aromatic N) is 1. The van der Waals surface area contributed by atoms with Crippen LogP contribution in [0.3, 0.4) is 0 Å². The van der Waals surface area contributed by atoms with Crippen molar-refractivity contribution in [3.8, 4) is 17.0 Å². The summed E-state index contributed by atoms with van der Waals surface area (Å²) in [6.45, 7) is 0.501. The second kappa shape index (κ2) is 5.86. The molecule has 0 fully saturated rings. The molecule has 0 saturated heterocycles. The zero-order valence-corrected chi connectivity index (χ0v) is 10.9. The third kappa shape index (κ3) is 3.13. The standard InChI is InChI=1S/C13H14ClN3O2/c14-9-4-1-3-8(7-9)11-12(18)16-10(5-2-6-15)17-13(11)19/h1,3-4,7H,2,5-6,15H2,(H2,16,17,18,19). The number of hydrogen-bond donors (Lipinski definition) is 3. The Morgan fingerprint density at radius 3 is 2.84 bits per heavy atom. The third-order valence-electron chi connectivity index (χ3n) is 2.68. The van der Waals surface area contributed by atoms with Crippen molar-refractivity contribution in [2.24, 2.45) is 5.73 Å². The van der Waals surface area contributed by atoms with Crippen molar-refractivity contribution < 1.29 is 5.11 Å². The van der Waals surface area contributed by atoms with Gasteiger partial charge in [-0.25, -0.2) is 0 Å². The van der Waals surface area contributed by atoms with Crippen LogP contribution in [-0.4, -0.2) is 21.6 Å². The minimum absolute atomic E-state index is 0.124. The summed E-state index contributed by atoms with van der Waals surface area (Å²) in [4.78, 5) is 18.6. The van der Waals surface area contributed by atoms with Gasteiger partial charge in [0, 0.05) is 11.4 Å². The summed E-state index contributed by atoms with van der Waals surface area (Å²) in [6, 6.07) is 6.70. The molecular formula is C13H14ClN3O2. The lowest BCUT2D eigenvalue weighted by atomic mass is 10.1. The molecule has 5 nitrogen and oxygen atoms in total. The topological polar surface area (TPSA) is 92.0 Å². The van der Waals surface area contributed by atoms with Crippen LogP contribution in [0.2, 0.25) is 5.02 Å². The van der Waals surface area contributed by atoms with Gasteiger partial charge < -0.3 is 15.8 Å². The lowest BCUT2D eigenvalue weighted by Crippen LogP contribution is -2.15. The largest absolute Gasteiger partial charge is 0.493 e. The van der Waals surface area contributed by atoms with Gasteiger partial charge in [0.25, 0.3) is 5.56 Å². The Morgan fingerprint density at radius 2 is 2.21 bits per heavy atom. The second-order valence-corrected chi connectivity index (χ2v) is 4.55. The van der Waals surface area contributed by atoms with E-state index in [1.807, 2.05) is 0 Å². The van der Waals surface area contributed by atoms with E-state index < -0.39 is 0 Å². The lowest BCUT2D eigenvalue weighted by molar-refractivity contribution is 0.449.